The average molecular weight is 336 g/mol. The molecule has 2 heterocycles. The zero-order chi connectivity index (χ0) is 16.4. The van der Waals surface area contributed by atoms with Crippen molar-refractivity contribution >= 4 is 33.8 Å². The summed E-state index contributed by atoms with van der Waals surface area (Å²) < 4.78 is 0. The summed E-state index contributed by atoms with van der Waals surface area (Å²) >= 11 is 1.55. The predicted molar refractivity (Wildman–Crippen MR) is 98.2 cm³/mol. The van der Waals surface area contributed by atoms with E-state index in [4.69, 9.17) is 0 Å². The fourth-order valence-corrected chi connectivity index (χ4v) is 3.33. The summed E-state index contributed by atoms with van der Waals surface area (Å²) in [6.07, 6.45) is 1.32. The molecular weight excluding hydrogens is 320 g/mol. The first-order chi connectivity index (χ1) is 11.8. The van der Waals surface area contributed by atoms with Gasteiger partial charge in [0.15, 0.2) is 0 Å². The Balaban J connectivity index is 1.49. The molecule has 1 aromatic heterocycles. The molecule has 0 bridgehead atoms. The van der Waals surface area contributed by atoms with E-state index in [0.717, 1.165) is 39.7 Å². The van der Waals surface area contributed by atoms with E-state index in [9.17, 15) is 4.79 Å². The van der Waals surface area contributed by atoms with Crippen molar-refractivity contribution in [3.63, 3.8) is 0 Å². The first-order valence-corrected chi connectivity index (χ1v) is 8.62. The van der Waals surface area contributed by atoms with Crippen LogP contribution in [0.2, 0.25) is 0 Å². The molecule has 0 atom stereocenters. The van der Waals surface area contributed by atoms with Crippen molar-refractivity contribution in [1.82, 2.24) is 4.98 Å². The number of thiazole rings is 1. The van der Waals surface area contributed by atoms with Crippen molar-refractivity contribution < 1.29 is 4.79 Å². The number of carbonyl (C=O) groups is 1. The average Bonchev–Trinajstić information content (AvgIpc) is 3.09. The van der Waals surface area contributed by atoms with E-state index in [1.807, 2.05) is 47.8 Å². The summed E-state index contributed by atoms with van der Waals surface area (Å²) in [5.74, 6) is 0.0855. The third-order valence-electron chi connectivity index (χ3n) is 3.89. The molecule has 3 N–H and O–H groups in total. The van der Waals surface area contributed by atoms with Gasteiger partial charge in [0.1, 0.15) is 0 Å². The van der Waals surface area contributed by atoms with Gasteiger partial charge in [0.2, 0.25) is 11.0 Å². The van der Waals surface area contributed by atoms with Crippen molar-refractivity contribution in [2.75, 3.05) is 16.2 Å². The Labute approximate surface area is 143 Å². The van der Waals surface area contributed by atoms with Crippen LogP contribution in [0.1, 0.15) is 12.0 Å². The monoisotopic (exact) mass is 336 g/mol. The molecule has 6 heteroatoms. The molecule has 0 radical (unpaired) electrons. The molecule has 0 saturated heterocycles. The normalized spacial score (nSPS) is 13.1. The molecule has 0 unspecified atom stereocenters. The molecule has 0 saturated carbocycles. The molecule has 0 fully saturated rings. The minimum atomic E-state index is 0.0855. The number of benzene rings is 2. The van der Waals surface area contributed by atoms with Gasteiger partial charge < -0.3 is 5.32 Å². The van der Waals surface area contributed by atoms with Crippen molar-refractivity contribution in [1.29, 1.82) is 0 Å². The molecule has 3 aromatic rings. The van der Waals surface area contributed by atoms with Crippen molar-refractivity contribution in [2.24, 2.45) is 0 Å². The van der Waals surface area contributed by atoms with Gasteiger partial charge in [-0.2, -0.15) is 0 Å². The van der Waals surface area contributed by atoms with E-state index in [0.29, 0.717) is 6.42 Å². The fourth-order valence-electron chi connectivity index (χ4n) is 2.65. The van der Waals surface area contributed by atoms with Crippen LogP contribution in [0.4, 0.5) is 16.5 Å². The van der Waals surface area contributed by atoms with E-state index < -0.39 is 0 Å². The number of hydrogen-bond acceptors (Lipinski definition) is 5. The highest BCUT2D eigenvalue weighted by Crippen LogP contribution is 2.30. The van der Waals surface area contributed by atoms with Crippen LogP contribution >= 0.6 is 11.3 Å². The minimum absolute atomic E-state index is 0.0855. The number of fused-ring (bicyclic) bond motifs is 1. The highest BCUT2D eigenvalue weighted by atomic mass is 32.1. The predicted octanol–water partition coefficient (Wildman–Crippen LogP) is 4.13. The maximum absolute atomic E-state index is 11.4. The summed E-state index contributed by atoms with van der Waals surface area (Å²) in [7, 11) is 0. The number of para-hydroxylation sites is 1. The first kappa shape index (κ1) is 14.7. The van der Waals surface area contributed by atoms with E-state index in [1.165, 1.54) is 0 Å². The van der Waals surface area contributed by atoms with Crippen molar-refractivity contribution in [3.05, 3.63) is 59.5 Å². The zero-order valence-electron chi connectivity index (χ0n) is 12.9. The van der Waals surface area contributed by atoms with Gasteiger partial charge in [-0.25, -0.2) is 4.98 Å². The SMILES string of the molecule is O=C1CCc2cc(-c3csc(NNc4ccccc4)n3)ccc2N1. The summed E-state index contributed by atoms with van der Waals surface area (Å²) in [6.45, 7) is 0. The van der Waals surface area contributed by atoms with Crippen molar-refractivity contribution in [2.45, 2.75) is 12.8 Å². The molecule has 1 aliphatic rings. The maximum Gasteiger partial charge on any atom is 0.224 e. The Bertz CT molecular complexity index is 876. The second kappa shape index (κ2) is 6.33. The van der Waals surface area contributed by atoms with Crippen LogP contribution in [0.3, 0.4) is 0 Å². The molecule has 2 aromatic carbocycles. The number of carbonyl (C=O) groups excluding carboxylic acids is 1. The minimum Gasteiger partial charge on any atom is -0.326 e. The van der Waals surface area contributed by atoms with Gasteiger partial charge in [-0.1, -0.05) is 24.3 Å². The zero-order valence-corrected chi connectivity index (χ0v) is 13.7. The van der Waals surface area contributed by atoms with Crippen LogP contribution in [-0.2, 0) is 11.2 Å². The van der Waals surface area contributed by atoms with Gasteiger partial charge in [0.25, 0.3) is 0 Å². The maximum atomic E-state index is 11.4. The lowest BCUT2D eigenvalue weighted by atomic mass is 9.99. The summed E-state index contributed by atoms with van der Waals surface area (Å²) in [5, 5.41) is 5.73. The topological polar surface area (TPSA) is 66.0 Å². The smallest absolute Gasteiger partial charge is 0.224 e. The van der Waals surface area contributed by atoms with E-state index in [2.05, 4.69) is 27.2 Å². The number of aromatic nitrogens is 1. The number of aryl methyl sites for hydroxylation is 1. The van der Waals surface area contributed by atoms with Crippen LogP contribution in [0.25, 0.3) is 11.3 Å². The van der Waals surface area contributed by atoms with Gasteiger partial charge in [0.05, 0.1) is 11.4 Å². The quantitative estimate of drug-likeness (QED) is 0.627. The highest BCUT2D eigenvalue weighted by molar-refractivity contribution is 7.14. The third kappa shape index (κ3) is 3.09. The standard InChI is InChI=1S/C18H16N4OS/c23-17-9-7-12-10-13(6-8-15(12)19-17)16-11-24-18(20-16)22-21-14-4-2-1-3-5-14/h1-6,8,10-11,21H,7,9H2,(H,19,23)(H,20,22). The Hall–Kier alpha value is -2.86. The van der Waals surface area contributed by atoms with E-state index >= 15 is 0 Å². The second-order valence-corrected chi connectivity index (χ2v) is 6.43. The number of nitrogens with zero attached hydrogens (tertiary/aromatic N) is 1. The fraction of sp³-hybridized carbons (Fsp3) is 0.111. The van der Waals surface area contributed by atoms with Crippen LogP contribution in [0.15, 0.2) is 53.9 Å². The van der Waals surface area contributed by atoms with Gasteiger partial charge >= 0.3 is 0 Å². The van der Waals surface area contributed by atoms with Gasteiger partial charge in [-0.3, -0.25) is 15.6 Å². The lowest BCUT2D eigenvalue weighted by molar-refractivity contribution is -0.116. The Morgan fingerprint density at radius 1 is 1.04 bits per heavy atom. The second-order valence-electron chi connectivity index (χ2n) is 5.57. The largest absolute Gasteiger partial charge is 0.326 e. The summed E-state index contributed by atoms with van der Waals surface area (Å²) in [6, 6.07) is 16.0. The molecule has 5 nitrogen and oxygen atoms in total. The molecule has 120 valence electrons. The summed E-state index contributed by atoms with van der Waals surface area (Å²) in [5.41, 5.74) is 11.3. The van der Waals surface area contributed by atoms with Crippen LogP contribution < -0.4 is 16.2 Å². The molecule has 0 spiro atoms. The lowest BCUT2D eigenvalue weighted by Crippen LogP contribution is -2.18. The molecule has 1 aliphatic heterocycles. The number of nitrogens with one attached hydrogen (secondary N) is 3. The molecular formula is C18H16N4OS. The summed E-state index contributed by atoms with van der Waals surface area (Å²) in [4.78, 5) is 16.1. The highest BCUT2D eigenvalue weighted by Gasteiger charge is 2.15. The van der Waals surface area contributed by atoms with E-state index in [-0.39, 0.29) is 5.91 Å². The van der Waals surface area contributed by atoms with Gasteiger partial charge in [-0.15, -0.1) is 11.3 Å². The first-order valence-electron chi connectivity index (χ1n) is 7.74. The molecule has 1 amide bonds. The molecule has 0 aliphatic carbocycles. The number of hydrazine groups is 1. The Morgan fingerprint density at radius 2 is 1.92 bits per heavy atom. The van der Waals surface area contributed by atoms with Crippen LogP contribution in [-0.4, -0.2) is 10.9 Å². The number of hydrogen-bond donors (Lipinski definition) is 3. The Kier molecular flexibility index (Phi) is 3.88. The number of anilines is 3. The number of rotatable bonds is 4. The lowest BCUT2D eigenvalue weighted by Gasteiger charge is -2.17. The molecule has 24 heavy (non-hydrogen) atoms. The van der Waals surface area contributed by atoms with Gasteiger partial charge in [0, 0.05) is 23.1 Å². The van der Waals surface area contributed by atoms with Crippen LogP contribution in [0.5, 0.6) is 0 Å². The van der Waals surface area contributed by atoms with Crippen molar-refractivity contribution in [3.8, 4) is 11.3 Å². The third-order valence-corrected chi connectivity index (χ3v) is 4.65. The van der Waals surface area contributed by atoms with E-state index in [1.54, 1.807) is 11.3 Å². The van der Waals surface area contributed by atoms with Gasteiger partial charge in [-0.05, 0) is 36.2 Å². The van der Waals surface area contributed by atoms with Crippen LogP contribution in [0, 0.1) is 0 Å². The molecule has 4 rings (SSSR count). The Morgan fingerprint density at radius 3 is 2.79 bits per heavy atom. The number of amides is 1.